The highest BCUT2D eigenvalue weighted by atomic mass is 16.4. The molecule has 0 aromatic heterocycles. The number of hydrogen-bond acceptors (Lipinski definition) is 2. The Labute approximate surface area is 147 Å². The van der Waals surface area contributed by atoms with Crippen LogP contribution in [0.3, 0.4) is 0 Å². The Hall–Kier alpha value is -2.42. The quantitative estimate of drug-likeness (QED) is 0.847. The fraction of sp³-hybridized carbons (Fsp3) is 0.364. The number of carboxylic acids is 1. The first-order valence-electron chi connectivity index (χ1n) is 8.95. The standard InChI is InChI=1S/C22H22O3/c1-13-7-9-15(10-8-13)21(23)19-16-11-17(14-5-3-2-4-6-14)18(12-16)20(19)22(24)25/h2-10,16-20H,11-12H2,1H3,(H,24,25)/t16-,17+,18-,19+,20+/m0/s1. The molecule has 2 saturated carbocycles. The van der Waals surface area contributed by atoms with Crippen molar-refractivity contribution in [3.05, 3.63) is 71.3 Å². The lowest BCUT2D eigenvalue weighted by Gasteiger charge is -2.33. The Balaban J connectivity index is 1.64. The number of aryl methyl sites for hydroxylation is 1. The SMILES string of the molecule is Cc1ccc(C(=O)[C@@H]2[C@@H]3C[C@H]([C@H]2C(=O)O)[C@@H](c2ccccc2)C3)cc1. The first-order valence-corrected chi connectivity index (χ1v) is 8.95. The van der Waals surface area contributed by atoms with Crippen LogP contribution in [0.4, 0.5) is 0 Å². The Morgan fingerprint density at radius 1 is 0.920 bits per heavy atom. The van der Waals surface area contributed by atoms with Crippen LogP contribution in [0.15, 0.2) is 54.6 Å². The molecule has 25 heavy (non-hydrogen) atoms. The maximum Gasteiger partial charge on any atom is 0.307 e. The molecule has 2 aliphatic rings. The van der Waals surface area contributed by atoms with Gasteiger partial charge in [-0.1, -0.05) is 60.2 Å². The summed E-state index contributed by atoms with van der Waals surface area (Å²) < 4.78 is 0. The zero-order valence-electron chi connectivity index (χ0n) is 14.3. The number of carbonyl (C=O) groups excluding carboxylic acids is 1. The topological polar surface area (TPSA) is 54.4 Å². The lowest BCUT2D eigenvalue weighted by atomic mass is 9.69. The highest BCUT2D eigenvalue weighted by Gasteiger charge is 2.58. The van der Waals surface area contributed by atoms with Gasteiger partial charge in [0.05, 0.1) is 5.92 Å². The molecule has 2 bridgehead atoms. The molecule has 4 rings (SSSR count). The monoisotopic (exact) mass is 334 g/mol. The number of hydrogen-bond donors (Lipinski definition) is 1. The number of benzene rings is 2. The van der Waals surface area contributed by atoms with Crippen LogP contribution >= 0.6 is 0 Å². The van der Waals surface area contributed by atoms with E-state index < -0.39 is 11.9 Å². The molecule has 3 nitrogen and oxygen atoms in total. The van der Waals surface area contributed by atoms with Gasteiger partial charge in [-0.3, -0.25) is 9.59 Å². The molecule has 2 aromatic rings. The normalized spacial score (nSPS) is 30.4. The highest BCUT2D eigenvalue weighted by molar-refractivity contribution is 6.00. The van der Waals surface area contributed by atoms with E-state index >= 15 is 0 Å². The molecule has 2 aliphatic carbocycles. The van der Waals surface area contributed by atoms with Crippen LogP contribution in [-0.2, 0) is 4.79 Å². The number of rotatable bonds is 4. The van der Waals surface area contributed by atoms with Crippen molar-refractivity contribution in [2.24, 2.45) is 23.7 Å². The number of ketones is 1. The fourth-order valence-electron chi connectivity index (χ4n) is 5.07. The van der Waals surface area contributed by atoms with E-state index in [0.717, 1.165) is 18.4 Å². The molecule has 128 valence electrons. The largest absolute Gasteiger partial charge is 0.481 e. The van der Waals surface area contributed by atoms with Gasteiger partial charge in [0.25, 0.3) is 0 Å². The summed E-state index contributed by atoms with van der Waals surface area (Å²) in [7, 11) is 0. The third-order valence-electron chi connectivity index (χ3n) is 6.16. The summed E-state index contributed by atoms with van der Waals surface area (Å²) in [6.07, 6.45) is 1.76. The van der Waals surface area contributed by atoms with Gasteiger partial charge in [-0.05, 0) is 43.1 Å². The first kappa shape index (κ1) is 16.1. The molecular formula is C22H22O3. The van der Waals surface area contributed by atoms with E-state index in [0.29, 0.717) is 5.56 Å². The number of carboxylic acid groups (broad SMARTS) is 1. The lowest BCUT2D eigenvalue weighted by Crippen LogP contribution is -2.37. The van der Waals surface area contributed by atoms with Crippen LogP contribution in [0, 0.1) is 30.6 Å². The fourth-order valence-corrected chi connectivity index (χ4v) is 5.07. The third kappa shape index (κ3) is 2.68. The average Bonchev–Trinajstić information content (AvgIpc) is 3.21. The van der Waals surface area contributed by atoms with Crippen LogP contribution in [0.25, 0.3) is 0 Å². The van der Waals surface area contributed by atoms with Gasteiger partial charge in [0.15, 0.2) is 5.78 Å². The Bertz CT molecular complexity index is 794. The van der Waals surface area contributed by atoms with E-state index in [1.54, 1.807) is 0 Å². The van der Waals surface area contributed by atoms with Gasteiger partial charge < -0.3 is 5.11 Å². The molecule has 5 atom stereocenters. The molecule has 0 saturated heterocycles. The minimum Gasteiger partial charge on any atom is -0.481 e. The van der Waals surface area contributed by atoms with Crippen LogP contribution in [-0.4, -0.2) is 16.9 Å². The van der Waals surface area contributed by atoms with Gasteiger partial charge in [-0.2, -0.15) is 0 Å². The Morgan fingerprint density at radius 2 is 1.60 bits per heavy atom. The minimum atomic E-state index is -0.821. The maximum absolute atomic E-state index is 13.0. The summed E-state index contributed by atoms with van der Waals surface area (Å²) in [5, 5.41) is 9.86. The first-order chi connectivity index (χ1) is 12.1. The van der Waals surface area contributed by atoms with Crippen molar-refractivity contribution >= 4 is 11.8 Å². The zero-order valence-corrected chi connectivity index (χ0v) is 14.3. The van der Waals surface area contributed by atoms with E-state index in [2.05, 4.69) is 12.1 Å². The van der Waals surface area contributed by atoms with E-state index in [9.17, 15) is 14.7 Å². The third-order valence-corrected chi connectivity index (χ3v) is 6.16. The average molecular weight is 334 g/mol. The van der Waals surface area contributed by atoms with Crippen molar-refractivity contribution in [2.75, 3.05) is 0 Å². The maximum atomic E-state index is 13.0. The zero-order chi connectivity index (χ0) is 17.6. The molecule has 3 heteroatoms. The Kier molecular flexibility index (Phi) is 3.95. The van der Waals surface area contributed by atoms with Crippen LogP contribution in [0.1, 0.15) is 40.2 Å². The van der Waals surface area contributed by atoms with Gasteiger partial charge in [-0.25, -0.2) is 0 Å². The van der Waals surface area contributed by atoms with E-state index in [-0.39, 0.29) is 29.5 Å². The van der Waals surface area contributed by atoms with Crippen LogP contribution < -0.4 is 0 Å². The molecule has 2 fully saturated rings. The van der Waals surface area contributed by atoms with Crippen molar-refractivity contribution in [3.63, 3.8) is 0 Å². The second kappa shape index (κ2) is 6.14. The number of Topliss-reactive ketones (excluding diaryl/α,β-unsaturated/α-hetero) is 1. The summed E-state index contributed by atoms with van der Waals surface area (Å²) in [6.45, 7) is 1.98. The summed E-state index contributed by atoms with van der Waals surface area (Å²) in [5.41, 5.74) is 2.96. The number of fused-ring (bicyclic) bond motifs is 2. The highest BCUT2D eigenvalue weighted by Crippen LogP contribution is 2.59. The summed E-state index contributed by atoms with van der Waals surface area (Å²) in [4.78, 5) is 25.1. The van der Waals surface area contributed by atoms with E-state index in [1.165, 1.54) is 5.56 Å². The number of aliphatic carboxylic acids is 1. The molecule has 0 amide bonds. The lowest BCUT2D eigenvalue weighted by molar-refractivity contribution is -0.145. The van der Waals surface area contributed by atoms with E-state index in [1.807, 2.05) is 49.4 Å². The van der Waals surface area contributed by atoms with Crippen molar-refractivity contribution < 1.29 is 14.7 Å². The van der Waals surface area contributed by atoms with Crippen LogP contribution in [0.5, 0.6) is 0 Å². The Morgan fingerprint density at radius 3 is 2.24 bits per heavy atom. The molecule has 2 aromatic carbocycles. The smallest absolute Gasteiger partial charge is 0.307 e. The van der Waals surface area contributed by atoms with Gasteiger partial charge >= 0.3 is 5.97 Å². The van der Waals surface area contributed by atoms with Gasteiger partial charge in [0.1, 0.15) is 0 Å². The molecule has 1 N–H and O–H groups in total. The summed E-state index contributed by atoms with van der Waals surface area (Å²) >= 11 is 0. The molecular weight excluding hydrogens is 312 g/mol. The number of carbonyl (C=O) groups is 2. The minimum absolute atomic E-state index is 0.00594. The predicted molar refractivity (Wildman–Crippen MR) is 95.5 cm³/mol. The molecule has 0 unspecified atom stereocenters. The van der Waals surface area contributed by atoms with Crippen molar-refractivity contribution in [2.45, 2.75) is 25.7 Å². The summed E-state index contributed by atoms with van der Waals surface area (Å²) in [5.74, 6) is -1.28. The van der Waals surface area contributed by atoms with Crippen molar-refractivity contribution in [3.8, 4) is 0 Å². The second-order valence-corrected chi connectivity index (χ2v) is 7.53. The predicted octanol–water partition coefficient (Wildman–Crippen LogP) is 4.32. The molecule has 0 aliphatic heterocycles. The van der Waals surface area contributed by atoms with E-state index in [4.69, 9.17) is 0 Å². The van der Waals surface area contributed by atoms with Crippen molar-refractivity contribution in [1.29, 1.82) is 0 Å². The summed E-state index contributed by atoms with van der Waals surface area (Å²) in [6, 6.07) is 17.7. The molecule has 0 spiro atoms. The second-order valence-electron chi connectivity index (χ2n) is 7.53. The molecule has 0 radical (unpaired) electrons. The van der Waals surface area contributed by atoms with Gasteiger partial charge in [0.2, 0.25) is 0 Å². The molecule has 0 heterocycles. The van der Waals surface area contributed by atoms with Gasteiger partial charge in [-0.15, -0.1) is 0 Å². The van der Waals surface area contributed by atoms with Crippen LogP contribution in [0.2, 0.25) is 0 Å². The van der Waals surface area contributed by atoms with Gasteiger partial charge in [0, 0.05) is 11.5 Å². The van der Waals surface area contributed by atoms with Crippen molar-refractivity contribution in [1.82, 2.24) is 0 Å².